The smallest absolute Gasteiger partial charge is 0.126 e. The third kappa shape index (κ3) is 4.14. The highest BCUT2D eigenvalue weighted by Gasteiger charge is 2.22. The van der Waals surface area contributed by atoms with Gasteiger partial charge in [0.2, 0.25) is 0 Å². The fraction of sp³-hybridized carbons (Fsp3) is 0.429. The van der Waals surface area contributed by atoms with Crippen LogP contribution in [0.4, 0.5) is 0 Å². The summed E-state index contributed by atoms with van der Waals surface area (Å²) in [7, 11) is 0. The Morgan fingerprint density at radius 3 is 2.48 bits per heavy atom. The van der Waals surface area contributed by atoms with Gasteiger partial charge >= 0.3 is 0 Å². The van der Waals surface area contributed by atoms with E-state index in [1.165, 1.54) is 42.4 Å². The number of aliphatic hydroxyl groups is 1. The zero-order chi connectivity index (χ0) is 15.9. The molecule has 0 spiro atoms. The van der Waals surface area contributed by atoms with Crippen LogP contribution in [0.5, 0.6) is 5.75 Å². The van der Waals surface area contributed by atoms with Crippen molar-refractivity contribution in [2.45, 2.75) is 51.0 Å². The van der Waals surface area contributed by atoms with Crippen molar-refractivity contribution in [3.63, 3.8) is 0 Å². The first-order valence-electron chi connectivity index (χ1n) is 8.78. The van der Waals surface area contributed by atoms with E-state index in [-0.39, 0.29) is 6.61 Å². The van der Waals surface area contributed by atoms with Gasteiger partial charge in [0.1, 0.15) is 12.4 Å². The summed E-state index contributed by atoms with van der Waals surface area (Å²) in [5.41, 5.74) is 3.80. The van der Waals surface area contributed by atoms with Crippen molar-refractivity contribution < 1.29 is 9.84 Å². The summed E-state index contributed by atoms with van der Waals surface area (Å²) in [6, 6.07) is 16.9. The number of hydrogen-bond donors (Lipinski definition) is 1. The molecule has 0 unspecified atom stereocenters. The van der Waals surface area contributed by atoms with E-state index in [1.807, 2.05) is 18.2 Å². The van der Waals surface area contributed by atoms with Crippen molar-refractivity contribution in [3.05, 3.63) is 65.2 Å². The van der Waals surface area contributed by atoms with Gasteiger partial charge in [-0.05, 0) is 48.3 Å². The van der Waals surface area contributed by atoms with Crippen molar-refractivity contribution in [3.8, 4) is 5.75 Å². The molecular weight excluding hydrogens is 284 g/mol. The van der Waals surface area contributed by atoms with Crippen molar-refractivity contribution in [2.24, 2.45) is 0 Å². The molecule has 0 atom stereocenters. The molecule has 0 radical (unpaired) electrons. The second-order valence-electron chi connectivity index (χ2n) is 6.42. The molecule has 122 valence electrons. The zero-order valence-corrected chi connectivity index (χ0v) is 13.7. The van der Waals surface area contributed by atoms with Crippen LogP contribution in [0.1, 0.15) is 54.7 Å². The number of hydrogen-bond acceptors (Lipinski definition) is 2. The van der Waals surface area contributed by atoms with Gasteiger partial charge in [0, 0.05) is 6.61 Å². The third-order valence-corrected chi connectivity index (χ3v) is 4.75. The lowest BCUT2D eigenvalue weighted by atomic mass is 9.93. The van der Waals surface area contributed by atoms with E-state index in [0.29, 0.717) is 12.5 Å². The third-order valence-electron chi connectivity index (χ3n) is 4.75. The van der Waals surface area contributed by atoms with Crippen molar-refractivity contribution in [1.29, 1.82) is 0 Å². The molecule has 0 saturated heterocycles. The molecule has 2 aromatic carbocycles. The van der Waals surface area contributed by atoms with Gasteiger partial charge < -0.3 is 9.84 Å². The molecule has 0 aromatic heterocycles. The predicted molar refractivity (Wildman–Crippen MR) is 93.8 cm³/mol. The SMILES string of the molecule is OCCCc1cccc(C2CCCC2)c1OCc1ccccc1. The number of ether oxygens (including phenoxy) is 1. The van der Waals surface area contributed by atoms with Crippen LogP contribution in [-0.4, -0.2) is 11.7 Å². The molecule has 1 saturated carbocycles. The number of rotatable bonds is 7. The van der Waals surface area contributed by atoms with Crippen LogP contribution < -0.4 is 4.74 Å². The van der Waals surface area contributed by atoms with Gasteiger partial charge in [-0.15, -0.1) is 0 Å². The molecule has 0 bridgehead atoms. The van der Waals surface area contributed by atoms with Gasteiger partial charge in [-0.2, -0.15) is 0 Å². The first-order chi connectivity index (χ1) is 11.4. The minimum atomic E-state index is 0.228. The fourth-order valence-corrected chi connectivity index (χ4v) is 3.54. The highest BCUT2D eigenvalue weighted by molar-refractivity contribution is 5.44. The summed E-state index contributed by atoms with van der Waals surface area (Å²) in [6.45, 7) is 0.836. The molecule has 2 nitrogen and oxygen atoms in total. The van der Waals surface area contributed by atoms with Crippen LogP contribution in [0.2, 0.25) is 0 Å². The first-order valence-corrected chi connectivity index (χ1v) is 8.78. The Morgan fingerprint density at radius 2 is 1.74 bits per heavy atom. The number of benzene rings is 2. The largest absolute Gasteiger partial charge is 0.488 e. The van der Waals surface area contributed by atoms with E-state index < -0.39 is 0 Å². The van der Waals surface area contributed by atoms with Crippen LogP contribution in [0.25, 0.3) is 0 Å². The average molecular weight is 310 g/mol. The lowest BCUT2D eigenvalue weighted by Crippen LogP contribution is -2.05. The van der Waals surface area contributed by atoms with Crippen molar-refractivity contribution in [1.82, 2.24) is 0 Å². The molecule has 1 N–H and O–H groups in total. The van der Waals surface area contributed by atoms with Crippen LogP contribution in [0.15, 0.2) is 48.5 Å². The molecule has 1 aliphatic rings. The van der Waals surface area contributed by atoms with Crippen molar-refractivity contribution in [2.75, 3.05) is 6.61 Å². The van der Waals surface area contributed by atoms with E-state index in [2.05, 4.69) is 30.3 Å². The Bertz CT molecular complexity index is 600. The second-order valence-corrected chi connectivity index (χ2v) is 6.42. The summed E-state index contributed by atoms with van der Waals surface area (Å²) < 4.78 is 6.28. The molecule has 23 heavy (non-hydrogen) atoms. The number of aryl methyl sites for hydroxylation is 1. The quantitative estimate of drug-likeness (QED) is 0.792. The maximum absolute atomic E-state index is 9.17. The minimum Gasteiger partial charge on any atom is -0.488 e. The van der Waals surface area contributed by atoms with Gasteiger partial charge in [-0.25, -0.2) is 0 Å². The highest BCUT2D eigenvalue weighted by atomic mass is 16.5. The summed E-state index contributed by atoms with van der Waals surface area (Å²) >= 11 is 0. The predicted octanol–water partition coefficient (Wildman–Crippen LogP) is 4.85. The molecular formula is C21H26O2. The summed E-state index contributed by atoms with van der Waals surface area (Å²) in [4.78, 5) is 0. The monoisotopic (exact) mass is 310 g/mol. The molecule has 0 amide bonds. The topological polar surface area (TPSA) is 29.5 Å². The van der Waals surface area contributed by atoms with Gasteiger partial charge in [-0.3, -0.25) is 0 Å². The van der Waals surface area contributed by atoms with Crippen LogP contribution >= 0.6 is 0 Å². The Balaban J connectivity index is 1.83. The Kier molecular flexibility index (Phi) is 5.71. The fourth-order valence-electron chi connectivity index (χ4n) is 3.54. The molecule has 2 heteroatoms. The maximum atomic E-state index is 9.17. The standard InChI is InChI=1S/C21H26O2/c22-15-7-13-19-12-6-14-20(18-10-4-5-11-18)21(19)23-16-17-8-2-1-3-9-17/h1-3,6,8-9,12,14,18,22H,4-5,7,10-11,13,15-16H2. The second kappa shape index (κ2) is 8.16. The molecule has 2 aromatic rings. The highest BCUT2D eigenvalue weighted by Crippen LogP contribution is 2.40. The van der Waals surface area contributed by atoms with E-state index in [4.69, 9.17) is 9.84 Å². The lowest BCUT2D eigenvalue weighted by Gasteiger charge is -2.19. The van der Waals surface area contributed by atoms with Crippen LogP contribution in [0, 0.1) is 0 Å². The normalized spacial score (nSPS) is 15.0. The van der Waals surface area contributed by atoms with E-state index in [1.54, 1.807) is 0 Å². The van der Waals surface area contributed by atoms with Crippen LogP contribution in [-0.2, 0) is 13.0 Å². The minimum absolute atomic E-state index is 0.228. The summed E-state index contributed by atoms with van der Waals surface area (Å²) in [6.07, 6.45) is 6.85. The van der Waals surface area contributed by atoms with Gasteiger partial charge in [0.05, 0.1) is 0 Å². The molecule has 3 rings (SSSR count). The first kappa shape index (κ1) is 16.1. The van der Waals surface area contributed by atoms with Gasteiger partial charge in [0.15, 0.2) is 0 Å². The molecule has 0 heterocycles. The van der Waals surface area contributed by atoms with E-state index >= 15 is 0 Å². The Morgan fingerprint density at radius 1 is 0.957 bits per heavy atom. The summed E-state index contributed by atoms with van der Waals surface area (Å²) in [5.74, 6) is 1.70. The number of para-hydroxylation sites is 1. The lowest BCUT2D eigenvalue weighted by molar-refractivity contribution is 0.282. The number of aliphatic hydroxyl groups excluding tert-OH is 1. The Labute approximate surface area is 139 Å². The molecule has 1 fully saturated rings. The zero-order valence-electron chi connectivity index (χ0n) is 13.7. The van der Waals surface area contributed by atoms with E-state index in [9.17, 15) is 0 Å². The van der Waals surface area contributed by atoms with E-state index in [0.717, 1.165) is 18.6 Å². The van der Waals surface area contributed by atoms with Gasteiger partial charge in [0.25, 0.3) is 0 Å². The van der Waals surface area contributed by atoms with Crippen molar-refractivity contribution >= 4 is 0 Å². The summed E-state index contributed by atoms with van der Waals surface area (Å²) in [5, 5.41) is 9.17. The Hall–Kier alpha value is -1.80. The van der Waals surface area contributed by atoms with Gasteiger partial charge in [-0.1, -0.05) is 61.4 Å². The molecule has 1 aliphatic carbocycles. The molecule has 0 aliphatic heterocycles. The average Bonchev–Trinajstić information content (AvgIpc) is 3.13. The maximum Gasteiger partial charge on any atom is 0.126 e. The van der Waals surface area contributed by atoms with Crippen LogP contribution in [0.3, 0.4) is 0 Å².